The fourth-order valence-electron chi connectivity index (χ4n) is 4.15. The van der Waals surface area contributed by atoms with Crippen LogP contribution in [-0.4, -0.2) is 77.7 Å². The number of hydrogen-bond donors (Lipinski definition) is 3. The van der Waals surface area contributed by atoms with Crippen LogP contribution in [0.3, 0.4) is 0 Å². The molecule has 0 fully saturated rings. The van der Waals surface area contributed by atoms with Crippen molar-refractivity contribution in [2.24, 2.45) is 0 Å². The number of phenols is 1. The summed E-state index contributed by atoms with van der Waals surface area (Å²) in [6, 6.07) is 5.27. The number of fused-ring (bicyclic) bond motifs is 2. The van der Waals surface area contributed by atoms with Crippen LogP contribution >= 0.6 is 0 Å². The van der Waals surface area contributed by atoms with E-state index in [2.05, 4.69) is 9.97 Å². The molecule has 7 heteroatoms. The number of Topliss-reactive ketones (excluding diaryl/α,β-unsaturated/α-hetero) is 2. The van der Waals surface area contributed by atoms with Gasteiger partial charge in [0.2, 0.25) is 11.6 Å². The highest BCUT2D eigenvalue weighted by Gasteiger charge is 2.33. The summed E-state index contributed by atoms with van der Waals surface area (Å²) in [5, 5.41) is 11.2. The van der Waals surface area contributed by atoms with E-state index in [1.165, 1.54) is 0 Å². The van der Waals surface area contributed by atoms with Gasteiger partial charge in [0.05, 0.1) is 22.5 Å². The number of allylic oxidation sites excluding steroid dienone is 1. The molecule has 4 rings (SSSR count). The van der Waals surface area contributed by atoms with E-state index in [1.807, 2.05) is 50.3 Å². The fraction of sp³-hybridized carbons (Fsp3) is 0.333. The van der Waals surface area contributed by atoms with Crippen molar-refractivity contribution in [1.82, 2.24) is 19.8 Å². The minimum Gasteiger partial charge on any atom is -0.507 e. The molecule has 0 spiro atoms. The molecule has 0 amide bonds. The van der Waals surface area contributed by atoms with Crippen molar-refractivity contribution in [3.63, 3.8) is 0 Å². The fourth-order valence-corrected chi connectivity index (χ4v) is 4.15. The summed E-state index contributed by atoms with van der Waals surface area (Å²) < 4.78 is 0. The lowest BCUT2D eigenvalue weighted by molar-refractivity contribution is -0.110. The summed E-state index contributed by atoms with van der Waals surface area (Å²) in [6.07, 6.45) is 4.90. The van der Waals surface area contributed by atoms with Crippen LogP contribution in [0.5, 0.6) is 5.75 Å². The molecular formula is C24H28N4O3. The number of phenolic OH excluding ortho intramolecular Hbond substituents is 1. The number of aromatic amines is 2. The predicted molar refractivity (Wildman–Crippen MR) is 122 cm³/mol. The molecule has 2 aromatic heterocycles. The minimum absolute atomic E-state index is 0.162. The van der Waals surface area contributed by atoms with Gasteiger partial charge in [0.25, 0.3) is 0 Å². The highest BCUT2D eigenvalue weighted by molar-refractivity contribution is 6.61. The van der Waals surface area contributed by atoms with Crippen LogP contribution < -0.4 is 0 Å². The molecule has 0 saturated carbocycles. The summed E-state index contributed by atoms with van der Waals surface area (Å²) in [6.45, 7) is 1.53. The van der Waals surface area contributed by atoms with Crippen molar-refractivity contribution in [3.8, 4) is 5.75 Å². The number of nitrogens with zero attached hydrogens (tertiary/aromatic N) is 2. The van der Waals surface area contributed by atoms with Crippen LogP contribution in [0.2, 0.25) is 0 Å². The molecule has 1 aromatic carbocycles. The molecule has 0 saturated heterocycles. The number of benzene rings is 1. The third-order valence-corrected chi connectivity index (χ3v) is 5.77. The largest absolute Gasteiger partial charge is 0.507 e. The molecule has 7 nitrogen and oxygen atoms in total. The first-order valence-electron chi connectivity index (χ1n) is 10.4. The molecule has 2 heterocycles. The number of rotatable bonds is 7. The van der Waals surface area contributed by atoms with Crippen LogP contribution in [-0.2, 0) is 17.6 Å². The van der Waals surface area contributed by atoms with Crippen molar-refractivity contribution in [2.45, 2.75) is 12.8 Å². The Labute approximate surface area is 181 Å². The molecule has 31 heavy (non-hydrogen) atoms. The smallest absolute Gasteiger partial charge is 0.236 e. The number of carbonyl (C=O) groups excluding carboxylic acids is 2. The monoisotopic (exact) mass is 420 g/mol. The number of carbonyl (C=O) groups is 2. The average molecular weight is 421 g/mol. The maximum absolute atomic E-state index is 13.2. The average Bonchev–Trinajstić information content (AvgIpc) is 3.29. The molecule has 3 N–H and O–H groups in total. The van der Waals surface area contributed by atoms with E-state index >= 15 is 0 Å². The molecule has 1 aliphatic carbocycles. The van der Waals surface area contributed by atoms with Gasteiger partial charge in [-0.15, -0.1) is 0 Å². The molecular weight excluding hydrogens is 392 g/mol. The van der Waals surface area contributed by atoms with Crippen molar-refractivity contribution in [1.29, 1.82) is 0 Å². The summed E-state index contributed by atoms with van der Waals surface area (Å²) in [5.41, 5.74) is 4.53. The zero-order valence-corrected chi connectivity index (χ0v) is 18.4. The number of hydrogen-bond acceptors (Lipinski definition) is 5. The normalized spacial score (nSPS) is 14.1. The van der Waals surface area contributed by atoms with E-state index < -0.39 is 11.6 Å². The second-order valence-corrected chi connectivity index (χ2v) is 8.60. The minimum atomic E-state index is -0.518. The van der Waals surface area contributed by atoms with E-state index in [1.54, 1.807) is 18.2 Å². The Hall–Kier alpha value is -3.16. The van der Waals surface area contributed by atoms with Crippen molar-refractivity contribution in [2.75, 3.05) is 41.3 Å². The van der Waals surface area contributed by atoms with Gasteiger partial charge < -0.3 is 24.9 Å². The van der Waals surface area contributed by atoms with Crippen LogP contribution in [0.15, 0.2) is 24.4 Å². The quantitative estimate of drug-likeness (QED) is 0.511. The standard InChI is InChI=1S/C24H28N4O3/c1-27(2)10-8-14-13-25-18-12-16(23(30)24(31)20(14)18)22-15(9-11-28(3)4)21-17(26-22)6-5-7-19(21)29/h5-7,12-13,25-26,29H,8-11H2,1-4H3. The SMILES string of the molecule is CN(C)CCc1c[nH]c2c1C(=O)C(=O)C(c1[nH]c3cccc(O)c3c1CCN(C)C)=C2. The van der Waals surface area contributed by atoms with E-state index in [4.69, 9.17) is 0 Å². The number of ketones is 2. The van der Waals surface area contributed by atoms with Crippen molar-refractivity contribution in [3.05, 3.63) is 52.5 Å². The molecule has 162 valence electrons. The van der Waals surface area contributed by atoms with Gasteiger partial charge in [0, 0.05) is 30.2 Å². The summed E-state index contributed by atoms with van der Waals surface area (Å²) >= 11 is 0. The highest BCUT2D eigenvalue weighted by Crippen LogP contribution is 2.37. The Balaban J connectivity index is 1.83. The lowest BCUT2D eigenvalue weighted by atomic mass is 9.88. The zero-order valence-electron chi connectivity index (χ0n) is 18.4. The number of likely N-dealkylation sites (N-methyl/N-ethyl adjacent to an activating group) is 2. The lowest BCUT2D eigenvalue weighted by Gasteiger charge is -2.16. The van der Waals surface area contributed by atoms with Crippen LogP contribution in [0.25, 0.3) is 22.6 Å². The first-order chi connectivity index (χ1) is 14.8. The number of aromatic nitrogens is 2. The van der Waals surface area contributed by atoms with Crippen LogP contribution in [0.4, 0.5) is 0 Å². The molecule has 1 aliphatic rings. The third-order valence-electron chi connectivity index (χ3n) is 5.77. The van der Waals surface area contributed by atoms with E-state index in [0.717, 1.165) is 29.7 Å². The summed E-state index contributed by atoms with van der Waals surface area (Å²) in [7, 11) is 7.90. The second-order valence-electron chi connectivity index (χ2n) is 8.60. The summed E-state index contributed by atoms with van der Waals surface area (Å²) in [4.78, 5) is 36.8. The van der Waals surface area contributed by atoms with Gasteiger partial charge in [-0.2, -0.15) is 0 Å². The first-order valence-corrected chi connectivity index (χ1v) is 10.4. The Morgan fingerprint density at radius 2 is 1.68 bits per heavy atom. The lowest BCUT2D eigenvalue weighted by Crippen LogP contribution is -2.23. The van der Waals surface area contributed by atoms with Gasteiger partial charge in [-0.3, -0.25) is 9.59 Å². The van der Waals surface area contributed by atoms with Gasteiger partial charge in [0.1, 0.15) is 5.75 Å². The topological polar surface area (TPSA) is 92.4 Å². The Bertz CT molecular complexity index is 1200. The maximum Gasteiger partial charge on any atom is 0.236 e. The molecule has 0 atom stereocenters. The zero-order chi connectivity index (χ0) is 22.3. The third kappa shape index (κ3) is 3.82. The Morgan fingerprint density at radius 3 is 2.39 bits per heavy atom. The molecule has 0 unspecified atom stereocenters. The summed E-state index contributed by atoms with van der Waals surface area (Å²) in [5.74, 6) is -0.838. The second kappa shape index (κ2) is 8.17. The predicted octanol–water partition coefficient (Wildman–Crippen LogP) is 2.72. The number of aromatic hydroxyl groups is 1. The van der Waals surface area contributed by atoms with Gasteiger partial charge in [-0.05, 0) is 70.4 Å². The van der Waals surface area contributed by atoms with Crippen LogP contribution in [0.1, 0.15) is 32.9 Å². The first kappa shape index (κ1) is 21.1. The molecule has 0 radical (unpaired) electrons. The van der Waals surface area contributed by atoms with E-state index in [9.17, 15) is 14.7 Å². The Kier molecular flexibility index (Phi) is 5.56. The van der Waals surface area contributed by atoms with Gasteiger partial charge in [-0.1, -0.05) is 6.07 Å². The molecule has 0 bridgehead atoms. The van der Waals surface area contributed by atoms with Crippen LogP contribution in [0, 0.1) is 0 Å². The highest BCUT2D eigenvalue weighted by atomic mass is 16.3. The molecule has 3 aromatic rings. The number of H-pyrrole nitrogens is 2. The van der Waals surface area contributed by atoms with Gasteiger partial charge in [0.15, 0.2) is 0 Å². The Morgan fingerprint density at radius 1 is 0.968 bits per heavy atom. The van der Waals surface area contributed by atoms with E-state index in [0.29, 0.717) is 40.8 Å². The number of nitrogens with one attached hydrogen (secondary N) is 2. The van der Waals surface area contributed by atoms with Crippen molar-refractivity contribution >= 4 is 34.1 Å². The van der Waals surface area contributed by atoms with Gasteiger partial charge in [-0.25, -0.2) is 0 Å². The van der Waals surface area contributed by atoms with Crippen molar-refractivity contribution < 1.29 is 14.7 Å². The molecule has 0 aliphatic heterocycles. The van der Waals surface area contributed by atoms with E-state index in [-0.39, 0.29) is 5.75 Å². The van der Waals surface area contributed by atoms with Gasteiger partial charge >= 0.3 is 0 Å². The maximum atomic E-state index is 13.2.